The Bertz CT molecular complexity index is 794. The number of benzene rings is 1. The topological polar surface area (TPSA) is 45.5 Å². The summed E-state index contributed by atoms with van der Waals surface area (Å²) in [6.07, 6.45) is 9.40. The Morgan fingerprint density at radius 1 is 1.07 bits per heavy atom. The van der Waals surface area contributed by atoms with Gasteiger partial charge in [-0.15, -0.1) is 0 Å². The average molecular weight is 393 g/mol. The van der Waals surface area contributed by atoms with Gasteiger partial charge in [0.25, 0.3) is 0 Å². The lowest BCUT2D eigenvalue weighted by Gasteiger charge is -2.60. The maximum Gasteiger partial charge on any atom is 0.237 e. The molecule has 4 heteroatoms. The Morgan fingerprint density at radius 3 is 2.31 bits per heavy atom. The van der Waals surface area contributed by atoms with Crippen molar-refractivity contribution in [3.63, 3.8) is 0 Å². The van der Waals surface area contributed by atoms with E-state index in [1.54, 1.807) is 6.26 Å². The van der Waals surface area contributed by atoms with Crippen LogP contribution in [0.5, 0.6) is 0 Å². The largest absolute Gasteiger partial charge is 0.467 e. The van der Waals surface area contributed by atoms with E-state index >= 15 is 0 Å². The van der Waals surface area contributed by atoms with E-state index < -0.39 is 0 Å². The summed E-state index contributed by atoms with van der Waals surface area (Å²) in [5.41, 5.74) is 1.25. The zero-order valence-electron chi connectivity index (χ0n) is 17.3. The third-order valence-electron chi connectivity index (χ3n) is 7.63. The quantitative estimate of drug-likeness (QED) is 0.727. The van der Waals surface area contributed by atoms with E-state index in [4.69, 9.17) is 4.42 Å². The highest BCUT2D eigenvalue weighted by Gasteiger charge is 2.54. The van der Waals surface area contributed by atoms with E-state index in [0.29, 0.717) is 13.1 Å². The Balaban J connectivity index is 1.34. The van der Waals surface area contributed by atoms with Gasteiger partial charge in [0.1, 0.15) is 5.76 Å². The van der Waals surface area contributed by atoms with Gasteiger partial charge in [0.15, 0.2) is 0 Å². The normalized spacial score (nSPS) is 31.0. The molecule has 4 aliphatic rings. The predicted molar refractivity (Wildman–Crippen MR) is 113 cm³/mol. The fourth-order valence-electron chi connectivity index (χ4n) is 6.67. The molecule has 1 heterocycles. The van der Waals surface area contributed by atoms with Crippen molar-refractivity contribution < 1.29 is 9.21 Å². The van der Waals surface area contributed by atoms with Crippen molar-refractivity contribution in [1.82, 2.24) is 10.2 Å². The zero-order valence-corrected chi connectivity index (χ0v) is 17.3. The van der Waals surface area contributed by atoms with Crippen molar-refractivity contribution in [1.29, 1.82) is 0 Å². The highest BCUT2D eigenvalue weighted by atomic mass is 16.3. The van der Waals surface area contributed by atoms with E-state index in [1.807, 2.05) is 30.3 Å². The van der Waals surface area contributed by atoms with Crippen LogP contribution in [0.4, 0.5) is 0 Å². The highest BCUT2D eigenvalue weighted by molar-refractivity contribution is 5.79. The number of amides is 1. The van der Waals surface area contributed by atoms with Gasteiger partial charge >= 0.3 is 0 Å². The SMILES string of the molecule is CC(NCC(=O)N(Cc1ccco1)C12CC3CC(CC(C3)C1)C2)c1ccccc1. The van der Waals surface area contributed by atoms with E-state index in [0.717, 1.165) is 23.5 Å². The van der Waals surface area contributed by atoms with Crippen molar-refractivity contribution in [2.24, 2.45) is 17.8 Å². The fraction of sp³-hybridized carbons (Fsp3) is 0.560. The molecule has 0 spiro atoms. The summed E-state index contributed by atoms with van der Waals surface area (Å²) >= 11 is 0. The first-order chi connectivity index (χ1) is 14.1. The van der Waals surface area contributed by atoms with Gasteiger partial charge in [-0.3, -0.25) is 4.79 Å². The number of nitrogens with zero attached hydrogens (tertiary/aromatic N) is 1. The van der Waals surface area contributed by atoms with Crippen LogP contribution in [0, 0.1) is 17.8 Å². The molecule has 4 saturated carbocycles. The molecule has 1 N–H and O–H groups in total. The Morgan fingerprint density at radius 2 is 1.72 bits per heavy atom. The van der Waals surface area contributed by atoms with Gasteiger partial charge in [-0.25, -0.2) is 0 Å². The van der Waals surface area contributed by atoms with Gasteiger partial charge in [0, 0.05) is 11.6 Å². The molecule has 1 amide bonds. The first kappa shape index (κ1) is 18.9. The minimum Gasteiger partial charge on any atom is -0.467 e. The summed E-state index contributed by atoms with van der Waals surface area (Å²) in [5.74, 6) is 3.54. The van der Waals surface area contributed by atoms with Crippen LogP contribution < -0.4 is 5.32 Å². The van der Waals surface area contributed by atoms with E-state index in [9.17, 15) is 4.79 Å². The Hall–Kier alpha value is -2.07. The maximum atomic E-state index is 13.5. The molecule has 1 aromatic heterocycles. The molecule has 4 aliphatic carbocycles. The Labute approximate surface area is 173 Å². The number of rotatable bonds is 7. The number of hydrogen-bond acceptors (Lipinski definition) is 3. The number of carbonyl (C=O) groups excluding carboxylic acids is 1. The molecule has 6 rings (SSSR count). The van der Waals surface area contributed by atoms with Crippen LogP contribution in [-0.4, -0.2) is 22.9 Å². The third-order valence-corrected chi connectivity index (χ3v) is 7.63. The van der Waals surface area contributed by atoms with Gasteiger partial charge in [0.05, 0.1) is 19.4 Å². The second-order valence-corrected chi connectivity index (χ2v) is 9.71. The molecule has 29 heavy (non-hydrogen) atoms. The lowest BCUT2D eigenvalue weighted by Crippen LogP contribution is -2.62. The van der Waals surface area contributed by atoms with Crippen LogP contribution in [0.3, 0.4) is 0 Å². The fourth-order valence-corrected chi connectivity index (χ4v) is 6.67. The molecule has 1 atom stereocenters. The monoisotopic (exact) mass is 392 g/mol. The van der Waals surface area contributed by atoms with Crippen molar-refractivity contribution in [2.45, 2.75) is 63.6 Å². The summed E-state index contributed by atoms with van der Waals surface area (Å²) < 4.78 is 5.66. The molecule has 4 nitrogen and oxygen atoms in total. The van der Waals surface area contributed by atoms with Crippen molar-refractivity contribution in [2.75, 3.05) is 6.54 Å². The van der Waals surface area contributed by atoms with Crippen molar-refractivity contribution >= 4 is 5.91 Å². The lowest BCUT2D eigenvalue weighted by atomic mass is 9.52. The number of furan rings is 1. The van der Waals surface area contributed by atoms with Gasteiger partial charge in [-0.2, -0.15) is 0 Å². The molecular weight excluding hydrogens is 360 g/mol. The molecule has 0 radical (unpaired) electrons. The molecule has 4 bridgehead atoms. The van der Waals surface area contributed by atoms with E-state index in [1.165, 1.54) is 44.1 Å². The van der Waals surface area contributed by atoms with Gasteiger partial charge < -0.3 is 14.6 Å². The molecule has 0 saturated heterocycles. The van der Waals surface area contributed by atoms with E-state index in [-0.39, 0.29) is 17.5 Å². The van der Waals surface area contributed by atoms with Gasteiger partial charge in [-0.1, -0.05) is 30.3 Å². The number of hydrogen-bond donors (Lipinski definition) is 1. The van der Waals surface area contributed by atoms with Crippen molar-refractivity contribution in [3.8, 4) is 0 Å². The maximum absolute atomic E-state index is 13.5. The summed E-state index contributed by atoms with van der Waals surface area (Å²) in [5, 5.41) is 3.47. The number of carbonyl (C=O) groups is 1. The highest BCUT2D eigenvalue weighted by Crippen LogP contribution is 2.58. The second kappa shape index (κ2) is 7.64. The summed E-state index contributed by atoms with van der Waals surface area (Å²) in [6.45, 7) is 3.10. The average Bonchev–Trinajstić information content (AvgIpc) is 3.23. The molecule has 0 aliphatic heterocycles. The first-order valence-electron chi connectivity index (χ1n) is 11.2. The molecule has 154 valence electrons. The zero-order chi connectivity index (χ0) is 19.8. The molecule has 1 unspecified atom stereocenters. The summed E-state index contributed by atoms with van der Waals surface area (Å²) in [7, 11) is 0. The molecule has 4 fully saturated rings. The van der Waals surface area contributed by atoms with Gasteiger partial charge in [0.2, 0.25) is 5.91 Å². The molecular formula is C25H32N2O2. The lowest BCUT2D eigenvalue weighted by molar-refractivity contribution is -0.152. The van der Waals surface area contributed by atoms with Crippen LogP contribution in [0.25, 0.3) is 0 Å². The summed E-state index contributed by atoms with van der Waals surface area (Å²) in [4.78, 5) is 15.7. The molecule has 2 aromatic rings. The smallest absolute Gasteiger partial charge is 0.237 e. The van der Waals surface area contributed by atoms with Crippen LogP contribution in [-0.2, 0) is 11.3 Å². The van der Waals surface area contributed by atoms with Crippen LogP contribution >= 0.6 is 0 Å². The third kappa shape index (κ3) is 3.75. The van der Waals surface area contributed by atoms with Crippen LogP contribution in [0.15, 0.2) is 53.1 Å². The second-order valence-electron chi connectivity index (χ2n) is 9.71. The Kier molecular flexibility index (Phi) is 4.99. The summed E-state index contributed by atoms with van der Waals surface area (Å²) in [6, 6.07) is 14.4. The number of nitrogens with one attached hydrogen (secondary N) is 1. The van der Waals surface area contributed by atoms with Crippen LogP contribution in [0.1, 0.15) is 62.8 Å². The van der Waals surface area contributed by atoms with Crippen molar-refractivity contribution in [3.05, 3.63) is 60.1 Å². The first-order valence-corrected chi connectivity index (χ1v) is 11.2. The van der Waals surface area contributed by atoms with Crippen LogP contribution in [0.2, 0.25) is 0 Å². The van der Waals surface area contributed by atoms with E-state index in [2.05, 4.69) is 29.3 Å². The standard InChI is InChI=1S/C25H32N2O2/c1-18(22-6-3-2-4-7-22)26-16-24(28)27(17-23-8-5-9-29-23)25-13-19-10-20(14-25)12-21(11-19)15-25/h2-9,18-21,26H,10-17H2,1H3. The van der Waals surface area contributed by atoms with Gasteiger partial charge in [-0.05, 0) is 80.9 Å². The predicted octanol–water partition coefficient (Wildman–Crippen LogP) is 4.93. The minimum absolute atomic E-state index is 0.0380. The minimum atomic E-state index is 0.0380. The molecule has 1 aromatic carbocycles.